The lowest BCUT2D eigenvalue weighted by Crippen LogP contribution is -2.30. The van der Waals surface area contributed by atoms with Crippen molar-refractivity contribution in [2.24, 2.45) is 0 Å². The molecule has 100 valence electrons. The van der Waals surface area contributed by atoms with Gasteiger partial charge in [0.25, 0.3) is 0 Å². The van der Waals surface area contributed by atoms with Crippen LogP contribution in [0.5, 0.6) is 0 Å². The summed E-state index contributed by atoms with van der Waals surface area (Å²) in [4.78, 5) is 0. The highest BCUT2D eigenvalue weighted by Crippen LogP contribution is 2.19. The summed E-state index contributed by atoms with van der Waals surface area (Å²) >= 11 is 0. The minimum Gasteiger partial charge on any atom is -0.387 e. The van der Waals surface area contributed by atoms with Crippen molar-refractivity contribution >= 4 is 0 Å². The summed E-state index contributed by atoms with van der Waals surface area (Å²) in [7, 11) is 0. The molecule has 2 rings (SSSR count). The lowest BCUT2D eigenvalue weighted by atomic mass is 10.0. The van der Waals surface area contributed by atoms with Gasteiger partial charge in [-0.25, -0.2) is 0 Å². The lowest BCUT2D eigenvalue weighted by molar-refractivity contribution is 0.170. The maximum absolute atomic E-state index is 10.1. The van der Waals surface area contributed by atoms with E-state index < -0.39 is 0 Å². The molecule has 2 heteroatoms. The molecular weight excluding hydrogens is 222 g/mol. The van der Waals surface area contributed by atoms with Crippen LogP contribution in [0.15, 0.2) is 24.3 Å². The highest BCUT2D eigenvalue weighted by molar-refractivity contribution is 5.24. The molecule has 0 radical (unpaired) electrons. The van der Waals surface area contributed by atoms with E-state index in [0.717, 1.165) is 12.0 Å². The van der Waals surface area contributed by atoms with Crippen LogP contribution in [0.3, 0.4) is 0 Å². The third-order valence-electron chi connectivity index (χ3n) is 3.86. The summed E-state index contributed by atoms with van der Waals surface area (Å²) in [6.07, 6.45) is 7.12. The number of rotatable bonds is 6. The van der Waals surface area contributed by atoms with E-state index in [1.54, 1.807) is 0 Å². The molecule has 0 heterocycles. The molecule has 1 aromatic carbocycles. The number of benzene rings is 1. The number of hydrogen-bond donors (Lipinski definition) is 2. The van der Waals surface area contributed by atoms with Gasteiger partial charge < -0.3 is 10.4 Å². The van der Waals surface area contributed by atoms with Gasteiger partial charge in [0.05, 0.1) is 6.10 Å². The zero-order chi connectivity index (χ0) is 12.8. The van der Waals surface area contributed by atoms with E-state index in [1.165, 1.54) is 37.7 Å². The van der Waals surface area contributed by atoms with Gasteiger partial charge in [-0.05, 0) is 30.4 Å². The highest BCUT2D eigenvalue weighted by atomic mass is 16.3. The third kappa shape index (κ3) is 3.82. The van der Waals surface area contributed by atoms with Crippen LogP contribution in [0.25, 0.3) is 0 Å². The normalized spacial score (nSPS) is 18.1. The fourth-order valence-corrected chi connectivity index (χ4v) is 2.72. The first-order valence-corrected chi connectivity index (χ1v) is 7.30. The fraction of sp³-hybridized carbons (Fsp3) is 0.625. The molecule has 2 nitrogen and oxygen atoms in total. The lowest BCUT2D eigenvalue weighted by Gasteiger charge is -2.16. The first-order chi connectivity index (χ1) is 8.79. The molecule has 1 unspecified atom stereocenters. The van der Waals surface area contributed by atoms with Crippen LogP contribution >= 0.6 is 0 Å². The molecular formula is C16H25NO. The molecule has 1 saturated carbocycles. The van der Waals surface area contributed by atoms with Crippen molar-refractivity contribution in [3.63, 3.8) is 0 Å². The van der Waals surface area contributed by atoms with Crippen LogP contribution in [-0.2, 0) is 6.42 Å². The molecule has 1 aliphatic carbocycles. The van der Waals surface area contributed by atoms with Crippen molar-refractivity contribution in [1.82, 2.24) is 5.32 Å². The van der Waals surface area contributed by atoms with E-state index in [1.807, 2.05) is 0 Å². The van der Waals surface area contributed by atoms with Gasteiger partial charge in [0.2, 0.25) is 0 Å². The van der Waals surface area contributed by atoms with E-state index >= 15 is 0 Å². The van der Waals surface area contributed by atoms with Crippen molar-refractivity contribution in [2.45, 2.75) is 57.6 Å². The van der Waals surface area contributed by atoms with Crippen molar-refractivity contribution in [2.75, 3.05) is 6.54 Å². The Labute approximate surface area is 110 Å². The Morgan fingerprint density at radius 1 is 1.22 bits per heavy atom. The molecule has 18 heavy (non-hydrogen) atoms. The maximum atomic E-state index is 10.1. The molecule has 0 aromatic heterocycles. The van der Waals surface area contributed by atoms with Crippen molar-refractivity contribution in [1.29, 1.82) is 0 Å². The van der Waals surface area contributed by atoms with Crippen molar-refractivity contribution < 1.29 is 5.11 Å². The minimum atomic E-state index is -0.374. The topological polar surface area (TPSA) is 32.3 Å². The summed E-state index contributed by atoms with van der Waals surface area (Å²) < 4.78 is 0. The molecule has 0 aliphatic heterocycles. The second-order valence-electron chi connectivity index (χ2n) is 5.40. The average molecular weight is 247 g/mol. The summed E-state index contributed by atoms with van der Waals surface area (Å²) in [6.45, 7) is 2.87. The predicted octanol–water partition coefficient (Wildman–Crippen LogP) is 3.20. The quantitative estimate of drug-likeness (QED) is 0.809. The SMILES string of the molecule is CCCc1ccc(C(O)CNC2CCCC2)cc1. The Morgan fingerprint density at radius 3 is 2.50 bits per heavy atom. The minimum absolute atomic E-state index is 0.374. The monoisotopic (exact) mass is 247 g/mol. The third-order valence-corrected chi connectivity index (χ3v) is 3.86. The Balaban J connectivity index is 1.81. The van der Waals surface area contributed by atoms with Gasteiger partial charge in [0, 0.05) is 12.6 Å². The maximum Gasteiger partial charge on any atom is 0.0914 e. The number of aliphatic hydroxyl groups excluding tert-OH is 1. The van der Waals surface area contributed by atoms with Gasteiger partial charge in [0.1, 0.15) is 0 Å². The fourth-order valence-electron chi connectivity index (χ4n) is 2.72. The van der Waals surface area contributed by atoms with E-state index in [4.69, 9.17) is 0 Å². The molecule has 1 fully saturated rings. The number of hydrogen-bond acceptors (Lipinski definition) is 2. The molecule has 1 aromatic rings. The number of nitrogens with one attached hydrogen (secondary N) is 1. The van der Waals surface area contributed by atoms with Crippen LogP contribution in [0.4, 0.5) is 0 Å². The second-order valence-corrected chi connectivity index (χ2v) is 5.40. The van der Waals surface area contributed by atoms with Crippen LogP contribution in [0, 0.1) is 0 Å². The summed E-state index contributed by atoms with van der Waals surface area (Å²) in [5.74, 6) is 0. The van der Waals surface area contributed by atoms with Crippen LogP contribution in [0.1, 0.15) is 56.3 Å². The molecule has 0 saturated heterocycles. The molecule has 0 spiro atoms. The Bertz CT molecular complexity index is 341. The molecule has 0 bridgehead atoms. The standard InChI is InChI=1S/C16H25NO/c1-2-5-13-8-10-14(11-9-13)16(18)12-17-15-6-3-4-7-15/h8-11,15-18H,2-7,12H2,1H3. The van der Waals surface area contributed by atoms with Gasteiger partial charge in [-0.1, -0.05) is 50.5 Å². The van der Waals surface area contributed by atoms with Crippen LogP contribution in [-0.4, -0.2) is 17.7 Å². The smallest absolute Gasteiger partial charge is 0.0914 e. The van der Waals surface area contributed by atoms with Gasteiger partial charge >= 0.3 is 0 Å². The Hall–Kier alpha value is -0.860. The van der Waals surface area contributed by atoms with E-state index in [-0.39, 0.29) is 6.10 Å². The zero-order valence-corrected chi connectivity index (χ0v) is 11.4. The van der Waals surface area contributed by atoms with Gasteiger partial charge in [-0.15, -0.1) is 0 Å². The molecule has 0 amide bonds. The Morgan fingerprint density at radius 2 is 1.89 bits per heavy atom. The summed E-state index contributed by atoms with van der Waals surface area (Å²) in [6, 6.07) is 9.02. The second kappa shape index (κ2) is 6.91. The first-order valence-electron chi connectivity index (χ1n) is 7.30. The van der Waals surface area contributed by atoms with Gasteiger partial charge in [0.15, 0.2) is 0 Å². The van der Waals surface area contributed by atoms with E-state index in [9.17, 15) is 5.11 Å². The molecule has 1 atom stereocenters. The summed E-state index contributed by atoms with van der Waals surface area (Å²) in [5, 5.41) is 13.6. The van der Waals surface area contributed by atoms with Crippen LogP contribution in [0.2, 0.25) is 0 Å². The van der Waals surface area contributed by atoms with Gasteiger partial charge in [-0.2, -0.15) is 0 Å². The first kappa shape index (κ1) is 13.6. The predicted molar refractivity (Wildman–Crippen MR) is 75.7 cm³/mol. The van der Waals surface area contributed by atoms with E-state index in [2.05, 4.69) is 36.5 Å². The Kier molecular flexibility index (Phi) is 5.21. The summed E-state index contributed by atoms with van der Waals surface area (Å²) in [5.41, 5.74) is 2.39. The van der Waals surface area contributed by atoms with Crippen LogP contribution < -0.4 is 5.32 Å². The molecule has 2 N–H and O–H groups in total. The van der Waals surface area contributed by atoms with E-state index in [0.29, 0.717) is 12.6 Å². The average Bonchev–Trinajstić information content (AvgIpc) is 2.90. The van der Waals surface area contributed by atoms with Crippen molar-refractivity contribution in [3.05, 3.63) is 35.4 Å². The van der Waals surface area contributed by atoms with Crippen molar-refractivity contribution in [3.8, 4) is 0 Å². The highest BCUT2D eigenvalue weighted by Gasteiger charge is 2.16. The molecule has 1 aliphatic rings. The largest absolute Gasteiger partial charge is 0.387 e. The number of aryl methyl sites for hydroxylation is 1. The zero-order valence-electron chi connectivity index (χ0n) is 11.4. The number of aliphatic hydroxyl groups is 1. The van der Waals surface area contributed by atoms with Gasteiger partial charge in [-0.3, -0.25) is 0 Å².